The summed E-state index contributed by atoms with van der Waals surface area (Å²) in [5.74, 6) is -1.51. The maximum Gasteiger partial charge on any atom is 0.280 e. The number of amides is 1. The van der Waals surface area contributed by atoms with Gasteiger partial charge in [0.05, 0.1) is 22.9 Å². The first-order valence-electron chi connectivity index (χ1n) is 7.14. The van der Waals surface area contributed by atoms with Crippen molar-refractivity contribution >= 4 is 45.3 Å². The van der Waals surface area contributed by atoms with Crippen LogP contribution in [-0.2, 0) is 4.79 Å². The van der Waals surface area contributed by atoms with Gasteiger partial charge in [-0.05, 0) is 48.4 Å². The molecule has 1 heterocycles. The molecule has 2 aromatic rings. The average molecular weight is 384 g/mol. The normalized spacial score (nSPS) is 15.8. The van der Waals surface area contributed by atoms with Crippen molar-refractivity contribution in [2.24, 2.45) is 5.10 Å². The van der Waals surface area contributed by atoms with Crippen LogP contribution in [0.3, 0.4) is 0 Å². The van der Waals surface area contributed by atoms with Gasteiger partial charge >= 0.3 is 0 Å². The molecule has 0 aromatic heterocycles. The standard InChI is InChI=1S/C18H13BrN2O3/c1-11-16(10-12-2-6-14(19)7-3-12)17(22)21(20-11)15-8-4-13(5-9-15)18(23)24/h2-10H,1H3,(H,23,24)/p-1/b16-10-. The van der Waals surface area contributed by atoms with Crippen molar-refractivity contribution in [2.75, 3.05) is 5.01 Å². The Bertz CT molecular complexity index is 868. The number of halogens is 1. The van der Waals surface area contributed by atoms with E-state index in [4.69, 9.17) is 0 Å². The van der Waals surface area contributed by atoms with Gasteiger partial charge in [-0.1, -0.05) is 40.2 Å². The summed E-state index contributed by atoms with van der Waals surface area (Å²) < 4.78 is 0.961. The van der Waals surface area contributed by atoms with E-state index in [1.54, 1.807) is 13.0 Å². The minimum absolute atomic E-state index is 0.0525. The van der Waals surface area contributed by atoms with Crippen molar-refractivity contribution < 1.29 is 14.7 Å². The summed E-state index contributed by atoms with van der Waals surface area (Å²) in [6, 6.07) is 13.4. The Morgan fingerprint density at radius 1 is 1.12 bits per heavy atom. The lowest BCUT2D eigenvalue weighted by Crippen LogP contribution is -2.23. The van der Waals surface area contributed by atoms with Crippen LogP contribution in [0.5, 0.6) is 0 Å². The second kappa shape index (κ2) is 6.41. The Balaban J connectivity index is 1.90. The van der Waals surface area contributed by atoms with Gasteiger partial charge in [-0.3, -0.25) is 4.79 Å². The highest BCUT2D eigenvalue weighted by Gasteiger charge is 2.28. The topological polar surface area (TPSA) is 72.8 Å². The molecule has 6 heteroatoms. The van der Waals surface area contributed by atoms with E-state index in [9.17, 15) is 14.7 Å². The SMILES string of the molecule is CC1=NN(c2ccc(C(=O)[O-])cc2)C(=O)/C1=C\c1ccc(Br)cc1. The Morgan fingerprint density at radius 2 is 1.75 bits per heavy atom. The molecular weight excluding hydrogens is 372 g/mol. The maximum atomic E-state index is 12.6. The Morgan fingerprint density at radius 3 is 2.33 bits per heavy atom. The van der Waals surface area contributed by atoms with Gasteiger partial charge in [-0.2, -0.15) is 10.1 Å². The Kier molecular flexibility index (Phi) is 4.31. The molecule has 120 valence electrons. The summed E-state index contributed by atoms with van der Waals surface area (Å²) in [4.78, 5) is 23.4. The van der Waals surface area contributed by atoms with Gasteiger partial charge in [0.1, 0.15) is 0 Å². The second-order valence-corrected chi connectivity index (χ2v) is 6.16. The van der Waals surface area contributed by atoms with Gasteiger partial charge in [-0.25, -0.2) is 0 Å². The van der Waals surface area contributed by atoms with Crippen LogP contribution in [0, 0.1) is 0 Å². The van der Waals surface area contributed by atoms with Crippen LogP contribution in [0.15, 0.2) is 63.7 Å². The number of hydrogen-bond acceptors (Lipinski definition) is 4. The van der Waals surface area contributed by atoms with Gasteiger partial charge in [0, 0.05) is 4.47 Å². The number of nitrogens with zero attached hydrogens (tertiary/aromatic N) is 2. The quantitative estimate of drug-likeness (QED) is 0.764. The highest BCUT2D eigenvalue weighted by Crippen LogP contribution is 2.25. The first-order chi connectivity index (χ1) is 11.5. The summed E-state index contributed by atoms with van der Waals surface area (Å²) in [5.41, 5.74) is 2.55. The van der Waals surface area contributed by atoms with Gasteiger partial charge in [0.25, 0.3) is 5.91 Å². The van der Waals surface area contributed by atoms with Crippen LogP contribution in [0.4, 0.5) is 5.69 Å². The van der Waals surface area contributed by atoms with Crippen molar-refractivity contribution in [3.05, 3.63) is 69.7 Å². The number of rotatable bonds is 3. The molecule has 1 aliphatic rings. The fourth-order valence-corrected chi connectivity index (χ4v) is 2.59. The van der Waals surface area contributed by atoms with Crippen molar-refractivity contribution in [1.29, 1.82) is 0 Å². The molecule has 0 saturated heterocycles. The molecule has 0 aliphatic carbocycles. The lowest BCUT2D eigenvalue weighted by molar-refractivity contribution is -0.255. The highest BCUT2D eigenvalue weighted by molar-refractivity contribution is 9.10. The molecule has 1 amide bonds. The molecule has 0 N–H and O–H groups in total. The van der Waals surface area contributed by atoms with E-state index in [1.807, 2.05) is 24.3 Å². The zero-order valence-electron chi connectivity index (χ0n) is 12.7. The Labute approximate surface area is 147 Å². The molecular formula is C18H12BrN2O3-. The molecule has 0 atom stereocenters. The number of carbonyl (C=O) groups is 2. The third kappa shape index (κ3) is 3.14. The van der Waals surface area contributed by atoms with E-state index in [1.165, 1.54) is 29.3 Å². The smallest absolute Gasteiger partial charge is 0.280 e. The predicted octanol–water partition coefficient (Wildman–Crippen LogP) is 2.62. The van der Waals surface area contributed by atoms with Crippen molar-refractivity contribution in [1.82, 2.24) is 0 Å². The number of benzene rings is 2. The second-order valence-electron chi connectivity index (χ2n) is 5.25. The van der Waals surface area contributed by atoms with E-state index in [2.05, 4.69) is 21.0 Å². The third-order valence-electron chi connectivity index (χ3n) is 3.59. The minimum atomic E-state index is -1.26. The summed E-state index contributed by atoms with van der Waals surface area (Å²) >= 11 is 3.37. The Hall–Kier alpha value is -2.73. The number of hydrazone groups is 1. The number of carbonyl (C=O) groups excluding carboxylic acids is 2. The molecule has 1 aliphatic heterocycles. The first-order valence-corrected chi connectivity index (χ1v) is 7.94. The number of carboxylic acids is 1. The molecule has 0 bridgehead atoms. The van der Waals surface area contributed by atoms with E-state index >= 15 is 0 Å². The lowest BCUT2D eigenvalue weighted by atomic mass is 10.1. The monoisotopic (exact) mass is 383 g/mol. The summed E-state index contributed by atoms with van der Waals surface area (Å²) in [6.07, 6.45) is 1.78. The van der Waals surface area contributed by atoms with Crippen LogP contribution >= 0.6 is 15.9 Å². The molecule has 0 radical (unpaired) electrons. The average Bonchev–Trinajstić information content (AvgIpc) is 2.85. The summed E-state index contributed by atoms with van der Waals surface area (Å²) in [5, 5.41) is 16.3. The maximum absolute atomic E-state index is 12.6. The molecule has 24 heavy (non-hydrogen) atoms. The molecule has 5 nitrogen and oxygen atoms in total. The summed E-state index contributed by atoms with van der Waals surface area (Å²) in [6.45, 7) is 1.76. The van der Waals surface area contributed by atoms with Gasteiger partial charge < -0.3 is 9.90 Å². The molecule has 0 fully saturated rings. The number of carboxylic acid groups (broad SMARTS) is 1. The van der Waals surface area contributed by atoms with Crippen LogP contribution in [0.2, 0.25) is 0 Å². The first kappa shape index (κ1) is 16.1. The molecule has 3 rings (SSSR count). The van der Waals surface area contributed by atoms with E-state index < -0.39 is 5.97 Å². The van der Waals surface area contributed by atoms with Crippen LogP contribution in [-0.4, -0.2) is 17.6 Å². The largest absolute Gasteiger partial charge is 0.545 e. The molecule has 0 spiro atoms. The zero-order chi connectivity index (χ0) is 17.3. The van der Waals surface area contributed by atoms with Crippen molar-refractivity contribution in [3.8, 4) is 0 Å². The van der Waals surface area contributed by atoms with Gasteiger partial charge in [-0.15, -0.1) is 0 Å². The van der Waals surface area contributed by atoms with Crippen LogP contribution in [0.1, 0.15) is 22.8 Å². The zero-order valence-corrected chi connectivity index (χ0v) is 14.3. The molecule has 2 aromatic carbocycles. The lowest BCUT2D eigenvalue weighted by Gasteiger charge is -2.12. The fraction of sp³-hybridized carbons (Fsp3) is 0.0556. The predicted molar refractivity (Wildman–Crippen MR) is 93.5 cm³/mol. The fourth-order valence-electron chi connectivity index (χ4n) is 2.32. The molecule has 0 saturated carbocycles. The number of hydrogen-bond donors (Lipinski definition) is 0. The van der Waals surface area contributed by atoms with Crippen molar-refractivity contribution in [3.63, 3.8) is 0 Å². The van der Waals surface area contributed by atoms with Crippen molar-refractivity contribution in [2.45, 2.75) is 6.92 Å². The minimum Gasteiger partial charge on any atom is -0.545 e. The third-order valence-corrected chi connectivity index (χ3v) is 4.12. The van der Waals surface area contributed by atoms with Gasteiger partial charge in [0.2, 0.25) is 0 Å². The van der Waals surface area contributed by atoms with Crippen LogP contribution in [0.25, 0.3) is 6.08 Å². The van der Waals surface area contributed by atoms with E-state index in [0.717, 1.165) is 10.0 Å². The number of anilines is 1. The van der Waals surface area contributed by atoms with E-state index in [0.29, 0.717) is 17.0 Å². The highest BCUT2D eigenvalue weighted by atomic mass is 79.9. The molecule has 0 unspecified atom stereocenters. The number of aromatic carboxylic acids is 1. The van der Waals surface area contributed by atoms with Gasteiger partial charge in [0.15, 0.2) is 0 Å². The van der Waals surface area contributed by atoms with E-state index in [-0.39, 0.29) is 11.5 Å². The van der Waals surface area contributed by atoms with Crippen LogP contribution < -0.4 is 10.1 Å². The summed E-state index contributed by atoms with van der Waals surface area (Å²) in [7, 11) is 0.